The van der Waals surface area contributed by atoms with Crippen molar-refractivity contribution in [1.29, 1.82) is 0 Å². The van der Waals surface area contributed by atoms with Gasteiger partial charge in [-0.1, -0.05) is 15.9 Å². The van der Waals surface area contributed by atoms with Gasteiger partial charge < -0.3 is 14.4 Å². The minimum absolute atomic E-state index is 0.185. The number of benzene rings is 1. The third-order valence-electron chi connectivity index (χ3n) is 3.21. The Hall–Kier alpha value is -1.07. The van der Waals surface area contributed by atoms with Crippen molar-refractivity contribution in [3.63, 3.8) is 0 Å². The molecule has 0 spiro atoms. The number of ether oxygens (including phenoxy) is 2. The van der Waals surface area contributed by atoms with E-state index in [4.69, 9.17) is 9.47 Å². The molecular weight excluding hydrogens is 310 g/mol. The third kappa shape index (κ3) is 3.94. The average molecular weight is 328 g/mol. The third-order valence-corrected chi connectivity index (χ3v) is 3.71. The second-order valence-electron chi connectivity index (χ2n) is 4.45. The molecule has 4 nitrogen and oxygen atoms in total. The largest absolute Gasteiger partial charge is 0.496 e. The Morgan fingerprint density at radius 3 is 2.84 bits per heavy atom. The SMILES string of the molecule is COc1ccc(Br)cc1CCC(=O)N1CCOCC1. The van der Waals surface area contributed by atoms with Crippen molar-refractivity contribution in [2.45, 2.75) is 12.8 Å². The minimum Gasteiger partial charge on any atom is -0.496 e. The molecule has 1 aromatic carbocycles. The van der Waals surface area contributed by atoms with Gasteiger partial charge in [0, 0.05) is 24.0 Å². The first-order valence-electron chi connectivity index (χ1n) is 6.38. The first kappa shape index (κ1) is 14.3. The van der Waals surface area contributed by atoms with Crippen molar-refractivity contribution in [3.8, 4) is 5.75 Å². The number of rotatable bonds is 4. The number of morpholine rings is 1. The van der Waals surface area contributed by atoms with Crippen LogP contribution in [0, 0.1) is 0 Å². The van der Waals surface area contributed by atoms with Crippen molar-refractivity contribution >= 4 is 21.8 Å². The zero-order chi connectivity index (χ0) is 13.7. The molecule has 1 heterocycles. The minimum atomic E-state index is 0.185. The van der Waals surface area contributed by atoms with Crippen LogP contribution in [0.5, 0.6) is 5.75 Å². The van der Waals surface area contributed by atoms with Gasteiger partial charge in [-0.2, -0.15) is 0 Å². The second kappa shape index (κ2) is 6.91. The van der Waals surface area contributed by atoms with Crippen LogP contribution in [-0.2, 0) is 16.0 Å². The fourth-order valence-corrected chi connectivity index (χ4v) is 2.56. The number of halogens is 1. The first-order chi connectivity index (χ1) is 9.20. The predicted molar refractivity (Wildman–Crippen MR) is 76.4 cm³/mol. The lowest BCUT2D eigenvalue weighted by Gasteiger charge is -2.27. The summed E-state index contributed by atoms with van der Waals surface area (Å²) >= 11 is 3.44. The molecule has 1 aromatic rings. The Bertz CT molecular complexity index is 444. The van der Waals surface area contributed by atoms with E-state index < -0.39 is 0 Å². The highest BCUT2D eigenvalue weighted by Gasteiger charge is 2.17. The number of hydrogen-bond donors (Lipinski definition) is 0. The monoisotopic (exact) mass is 327 g/mol. The second-order valence-corrected chi connectivity index (χ2v) is 5.37. The molecule has 5 heteroatoms. The van der Waals surface area contributed by atoms with Crippen LogP contribution in [0.15, 0.2) is 22.7 Å². The summed E-state index contributed by atoms with van der Waals surface area (Å²) in [4.78, 5) is 13.9. The number of hydrogen-bond acceptors (Lipinski definition) is 3. The van der Waals surface area contributed by atoms with Crippen LogP contribution in [0.4, 0.5) is 0 Å². The van der Waals surface area contributed by atoms with Gasteiger partial charge in [0.2, 0.25) is 5.91 Å². The van der Waals surface area contributed by atoms with E-state index in [1.54, 1.807) is 7.11 Å². The lowest BCUT2D eigenvalue weighted by molar-refractivity contribution is -0.135. The lowest BCUT2D eigenvalue weighted by atomic mass is 10.1. The summed E-state index contributed by atoms with van der Waals surface area (Å²) in [6.45, 7) is 2.70. The lowest BCUT2D eigenvalue weighted by Crippen LogP contribution is -2.40. The normalized spacial score (nSPS) is 15.4. The smallest absolute Gasteiger partial charge is 0.223 e. The number of amides is 1. The van der Waals surface area contributed by atoms with Crippen LogP contribution in [-0.4, -0.2) is 44.2 Å². The highest BCUT2D eigenvalue weighted by Crippen LogP contribution is 2.24. The molecule has 1 aliphatic rings. The molecular formula is C14H18BrNO3. The van der Waals surface area contributed by atoms with E-state index in [1.165, 1.54) is 0 Å². The molecule has 19 heavy (non-hydrogen) atoms. The maximum atomic E-state index is 12.1. The fourth-order valence-electron chi connectivity index (χ4n) is 2.15. The van der Waals surface area contributed by atoms with Gasteiger partial charge in [-0.15, -0.1) is 0 Å². The van der Waals surface area contributed by atoms with Crippen LogP contribution >= 0.6 is 15.9 Å². The molecule has 2 rings (SSSR count). The average Bonchev–Trinajstić information content (AvgIpc) is 2.46. The zero-order valence-corrected chi connectivity index (χ0v) is 12.6. The van der Waals surface area contributed by atoms with E-state index in [0.29, 0.717) is 39.1 Å². The molecule has 1 amide bonds. The van der Waals surface area contributed by atoms with Gasteiger partial charge in [-0.3, -0.25) is 4.79 Å². The molecule has 0 bridgehead atoms. The molecule has 0 radical (unpaired) electrons. The summed E-state index contributed by atoms with van der Waals surface area (Å²) in [5, 5.41) is 0. The Morgan fingerprint density at radius 2 is 2.16 bits per heavy atom. The Morgan fingerprint density at radius 1 is 1.42 bits per heavy atom. The van der Waals surface area contributed by atoms with Gasteiger partial charge in [-0.25, -0.2) is 0 Å². The number of methoxy groups -OCH3 is 1. The van der Waals surface area contributed by atoms with Gasteiger partial charge in [-0.05, 0) is 30.2 Å². The molecule has 0 N–H and O–H groups in total. The summed E-state index contributed by atoms with van der Waals surface area (Å²) in [6, 6.07) is 5.86. The summed E-state index contributed by atoms with van der Waals surface area (Å²) < 4.78 is 11.6. The van der Waals surface area contributed by atoms with Crippen molar-refractivity contribution in [2.75, 3.05) is 33.4 Å². The van der Waals surface area contributed by atoms with E-state index in [1.807, 2.05) is 23.1 Å². The van der Waals surface area contributed by atoms with Crippen molar-refractivity contribution in [2.24, 2.45) is 0 Å². The maximum Gasteiger partial charge on any atom is 0.223 e. The molecule has 0 saturated carbocycles. The van der Waals surface area contributed by atoms with E-state index in [9.17, 15) is 4.79 Å². The van der Waals surface area contributed by atoms with E-state index in [0.717, 1.165) is 15.8 Å². The van der Waals surface area contributed by atoms with Gasteiger partial charge in [0.1, 0.15) is 5.75 Å². The topological polar surface area (TPSA) is 38.8 Å². The molecule has 0 unspecified atom stereocenters. The molecule has 1 saturated heterocycles. The highest BCUT2D eigenvalue weighted by molar-refractivity contribution is 9.10. The number of aryl methyl sites for hydroxylation is 1. The maximum absolute atomic E-state index is 12.1. The van der Waals surface area contributed by atoms with Crippen LogP contribution in [0.2, 0.25) is 0 Å². The molecule has 1 aliphatic heterocycles. The molecule has 0 aliphatic carbocycles. The van der Waals surface area contributed by atoms with Gasteiger partial charge in [0.25, 0.3) is 0 Å². The fraction of sp³-hybridized carbons (Fsp3) is 0.500. The highest BCUT2D eigenvalue weighted by atomic mass is 79.9. The predicted octanol–water partition coefficient (Wildman–Crippen LogP) is 2.25. The van der Waals surface area contributed by atoms with E-state index >= 15 is 0 Å². The van der Waals surface area contributed by atoms with Crippen LogP contribution in [0.25, 0.3) is 0 Å². The van der Waals surface area contributed by atoms with Gasteiger partial charge >= 0.3 is 0 Å². The summed E-state index contributed by atoms with van der Waals surface area (Å²) in [7, 11) is 1.65. The zero-order valence-electron chi connectivity index (χ0n) is 11.0. The van der Waals surface area contributed by atoms with Crippen LogP contribution in [0.3, 0.4) is 0 Å². The van der Waals surface area contributed by atoms with E-state index in [-0.39, 0.29) is 5.91 Å². The van der Waals surface area contributed by atoms with Crippen molar-refractivity contribution in [3.05, 3.63) is 28.2 Å². The van der Waals surface area contributed by atoms with Gasteiger partial charge in [0.05, 0.1) is 20.3 Å². The molecule has 0 atom stereocenters. The molecule has 0 aromatic heterocycles. The van der Waals surface area contributed by atoms with Gasteiger partial charge in [0.15, 0.2) is 0 Å². The standard InChI is InChI=1S/C14H18BrNO3/c1-18-13-4-3-12(15)10-11(13)2-5-14(17)16-6-8-19-9-7-16/h3-4,10H,2,5-9H2,1H3. The molecule has 1 fully saturated rings. The van der Waals surface area contributed by atoms with Crippen molar-refractivity contribution in [1.82, 2.24) is 4.90 Å². The quantitative estimate of drug-likeness (QED) is 0.851. The molecule has 104 valence electrons. The Labute approximate surface area is 121 Å². The number of nitrogens with zero attached hydrogens (tertiary/aromatic N) is 1. The summed E-state index contributed by atoms with van der Waals surface area (Å²) in [6.07, 6.45) is 1.20. The first-order valence-corrected chi connectivity index (χ1v) is 7.18. The number of carbonyl (C=O) groups excluding carboxylic acids is 1. The summed E-state index contributed by atoms with van der Waals surface area (Å²) in [5.41, 5.74) is 1.05. The van der Waals surface area contributed by atoms with Crippen molar-refractivity contribution < 1.29 is 14.3 Å². The van der Waals surface area contributed by atoms with Crippen LogP contribution < -0.4 is 4.74 Å². The van der Waals surface area contributed by atoms with E-state index in [2.05, 4.69) is 15.9 Å². The number of carbonyl (C=O) groups is 1. The Kier molecular flexibility index (Phi) is 5.22. The Balaban J connectivity index is 1.94. The summed E-state index contributed by atoms with van der Waals surface area (Å²) in [5.74, 6) is 1.02. The van der Waals surface area contributed by atoms with Crippen LogP contribution in [0.1, 0.15) is 12.0 Å².